The van der Waals surface area contributed by atoms with E-state index in [2.05, 4.69) is 4.98 Å². The third-order valence-corrected chi connectivity index (χ3v) is 3.74. The monoisotopic (exact) mass is 315 g/mol. The topological polar surface area (TPSA) is 77.1 Å². The highest BCUT2D eigenvalue weighted by molar-refractivity contribution is 5.91. The molecule has 2 heterocycles. The number of nitrogens with zero attached hydrogens (tertiary/aromatic N) is 3. The standard InChI is InChI=1S/C16H14FN3O3/c1-3-13-18-12-8-11(16(22)23)15(21)20(14(12)19(13)2)10-6-4-9(17)5-7-10/h4-8H,3H2,1-2H3,(H,22,23). The van der Waals surface area contributed by atoms with E-state index in [0.717, 1.165) is 5.82 Å². The maximum Gasteiger partial charge on any atom is 0.341 e. The first-order valence-electron chi connectivity index (χ1n) is 7.04. The molecule has 6 nitrogen and oxygen atoms in total. The van der Waals surface area contributed by atoms with Crippen molar-refractivity contribution in [3.63, 3.8) is 0 Å². The Balaban J connectivity index is 2.48. The Kier molecular flexibility index (Phi) is 3.48. The summed E-state index contributed by atoms with van der Waals surface area (Å²) in [7, 11) is 1.76. The molecule has 0 saturated carbocycles. The summed E-state index contributed by atoms with van der Waals surface area (Å²) in [4.78, 5) is 28.3. The van der Waals surface area contributed by atoms with Gasteiger partial charge in [-0.1, -0.05) is 6.92 Å². The molecule has 0 unspecified atom stereocenters. The largest absolute Gasteiger partial charge is 0.477 e. The van der Waals surface area contributed by atoms with Crippen molar-refractivity contribution < 1.29 is 14.3 Å². The summed E-state index contributed by atoms with van der Waals surface area (Å²) in [6, 6.07) is 6.58. The number of fused-ring (bicyclic) bond motifs is 1. The van der Waals surface area contributed by atoms with Crippen molar-refractivity contribution in [1.29, 1.82) is 0 Å². The number of aromatic nitrogens is 3. The zero-order valence-electron chi connectivity index (χ0n) is 12.6. The van der Waals surface area contributed by atoms with Gasteiger partial charge in [-0.25, -0.2) is 14.2 Å². The Bertz CT molecular complexity index is 971. The lowest BCUT2D eigenvalue weighted by atomic mass is 10.2. The van der Waals surface area contributed by atoms with Crippen molar-refractivity contribution in [3.8, 4) is 5.69 Å². The zero-order chi connectivity index (χ0) is 16.7. The molecule has 0 bridgehead atoms. The van der Waals surface area contributed by atoms with Crippen molar-refractivity contribution in [1.82, 2.24) is 14.1 Å². The number of hydrogen-bond donors (Lipinski definition) is 1. The minimum absolute atomic E-state index is 0.373. The van der Waals surface area contributed by atoms with Crippen LogP contribution in [0.5, 0.6) is 0 Å². The van der Waals surface area contributed by atoms with Crippen molar-refractivity contribution in [2.75, 3.05) is 0 Å². The summed E-state index contributed by atoms with van der Waals surface area (Å²) in [5.74, 6) is -1.04. The highest BCUT2D eigenvalue weighted by Gasteiger charge is 2.20. The average Bonchev–Trinajstić information content (AvgIpc) is 2.84. The molecule has 118 valence electrons. The van der Waals surface area contributed by atoms with Crippen LogP contribution < -0.4 is 5.56 Å². The van der Waals surface area contributed by atoms with Gasteiger partial charge in [0, 0.05) is 13.5 Å². The van der Waals surface area contributed by atoms with Gasteiger partial charge in [0.1, 0.15) is 28.4 Å². The van der Waals surface area contributed by atoms with Crippen molar-refractivity contribution in [3.05, 3.63) is 57.9 Å². The van der Waals surface area contributed by atoms with Gasteiger partial charge in [-0.15, -0.1) is 0 Å². The number of carbonyl (C=O) groups is 1. The first-order valence-corrected chi connectivity index (χ1v) is 7.04. The fraction of sp³-hybridized carbons (Fsp3) is 0.188. The number of aryl methyl sites for hydroxylation is 2. The molecule has 0 atom stereocenters. The summed E-state index contributed by atoms with van der Waals surface area (Å²) in [5, 5.41) is 9.27. The SMILES string of the molecule is CCc1nc2cc(C(=O)O)c(=O)n(-c3ccc(F)cc3)c2n1C. The Labute approximate surface area is 130 Å². The number of hydrogen-bond acceptors (Lipinski definition) is 3. The van der Waals surface area contributed by atoms with Crippen LogP contribution >= 0.6 is 0 Å². The first-order chi connectivity index (χ1) is 10.9. The van der Waals surface area contributed by atoms with Gasteiger partial charge in [-0.2, -0.15) is 0 Å². The van der Waals surface area contributed by atoms with Crippen LogP contribution in [-0.4, -0.2) is 25.2 Å². The van der Waals surface area contributed by atoms with Crippen LogP contribution in [-0.2, 0) is 13.5 Å². The van der Waals surface area contributed by atoms with E-state index in [9.17, 15) is 19.1 Å². The number of carboxylic acids is 1. The molecular weight excluding hydrogens is 301 g/mol. The Morgan fingerprint density at radius 2 is 1.96 bits per heavy atom. The lowest BCUT2D eigenvalue weighted by molar-refractivity contribution is 0.0695. The molecule has 0 saturated heterocycles. The van der Waals surface area contributed by atoms with Crippen LogP contribution in [0.3, 0.4) is 0 Å². The molecule has 7 heteroatoms. The van der Waals surface area contributed by atoms with Gasteiger partial charge in [-0.3, -0.25) is 9.36 Å². The molecular formula is C16H14FN3O3. The van der Waals surface area contributed by atoms with Gasteiger partial charge < -0.3 is 9.67 Å². The Morgan fingerprint density at radius 1 is 1.30 bits per heavy atom. The number of rotatable bonds is 3. The van der Waals surface area contributed by atoms with Crippen LogP contribution in [0.25, 0.3) is 16.9 Å². The highest BCUT2D eigenvalue weighted by Crippen LogP contribution is 2.19. The predicted octanol–water partition coefficient (Wildman–Crippen LogP) is 2.12. The summed E-state index contributed by atoms with van der Waals surface area (Å²) >= 11 is 0. The van der Waals surface area contributed by atoms with E-state index in [1.54, 1.807) is 11.6 Å². The zero-order valence-corrected chi connectivity index (χ0v) is 12.6. The quantitative estimate of drug-likeness (QED) is 0.803. The summed E-state index contributed by atoms with van der Waals surface area (Å²) < 4.78 is 16.2. The molecule has 3 aromatic rings. The molecule has 0 aliphatic heterocycles. The molecule has 0 spiro atoms. The van der Waals surface area contributed by atoms with Crippen molar-refractivity contribution in [2.45, 2.75) is 13.3 Å². The first kappa shape index (κ1) is 15.0. The van der Waals surface area contributed by atoms with Gasteiger partial charge in [-0.05, 0) is 30.3 Å². The Hall–Kier alpha value is -2.96. The average molecular weight is 315 g/mol. The third-order valence-electron chi connectivity index (χ3n) is 3.74. The second-order valence-electron chi connectivity index (χ2n) is 5.13. The molecule has 0 aliphatic carbocycles. The van der Waals surface area contributed by atoms with E-state index in [1.807, 2.05) is 6.92 Å². The number of halogens is 1. The maximum absolute atomic E-state index is 13.2. The van der Waals surface area contributed by atoms with Gasteiger partial charge in [0.2, 0.25) is 0 Å². The third kappa shape index (κ3) is 2.30. The molecule has 1 N–H and O–H groups in total. The minimum atomic E-state index is -1.32. The van der Waals surface area contributed by atoms with Gasteiger partial charge in [0.25, 0.3) is 5.56 Å². The molecule has 0 radical (unpaired) electrons. The molecule has 3 rings (SSSR count). The fourth-order valence-electron chi connectivity index (χ4n) is 2.63. The Morgan fingerprint density at radius 3 is 2.52 bits per heavy atom. The van der Waals surface area contributed by atoms with E-state index < -0.39 is 17.3 Å². The van der Waals surface area contributed by atoms with E-state index in [-0.39, 0.29) is 5.56 Å². The van der Waals surface area contributed by atoms with Gasteiger partial charge in [0.05, 0.1) is 5.69 Å². The van der Waals surface area contributed by atoms with Crippen LogP contribution in [0.15, 0.2) is 35.1 Å². The van der Waals surface area contributed by atoms with Gasteiger partial charge in [0.15, 0.2) is 0 Å². The molecule has 2 aromatic heterocycles. The fourth-order valence-corrected chi connectivity index (χ4v) is 2.63. The number of carboxylic acid groups (broad SMARTS) is 1. The van der Waals surface area contributed by atoms with Crippen molar-refractivity contribution >= 4 is 17.1 Å². The maximum atomic E-state index is 13.2. The second-order valence-corrected chi connectivity index (χ2v) is 5.13. The van der Waals surface area contributed by atoms with E-state index in [1.165, 1.54) is 34.9 Å². The molecule has 23 heavy (non-hydrogen) atoms. The number of benzene rings is 1. The van der Waals surface area contributed by atoms with Crippen LogP contribution in [0.4, 0.5) is 4.39 Å². The van der Waals surface area contributed by atoms with Crippen molar-refractivity contribution in [2.24, 2.45) is 7.05 Å². The lowest BCUT2D eigenvalue weighted by Gasteiger charge is -2.11. The highest BCUT2D eigenvalue weighted by atomic mass is 19.1. The van der Waals surface area contributed by atoms with Gasteiger partial charge >= 0.3 is 5.97 Å². The molecule has 0 fully saturated rings. The normalized spacial score (nSPS) is 11.1. The van der Waals surface area contributed by atoms with E-state index in [0.29, 0.717) is 23.3 Å². The summed E-state index contributed by atoms with van der Waals surface area (Å²) in [5.41, 5.74) is 0.217. The molecule has 0 amide bonds. The van der Waals surface area contributed by atoms with Crippen LogP contribution in [0.1, 0.15) is 23.1 Å². The predicted molar refractivity (Wildman–Crippen MR) is 82.6 cm³/mol. The summed E-state index contributed by atoms with van der Waals surface area (Å²) in [6.45, 7) is 1.92. The number of imidazole rings is 1. The van der Waals surface area contributed by atoms with Crippen LogP contribution in [0, 0.1) is 5.82 Å². The molecule has 0 aliphatic rings. The van der Waals surface area contributed by atoms with E-state index >= 15 is 0 Å². The summed E-state index contributed by atoms with van der Waals surface area (Å²) in [6.07, 6.45) is 0.630. The van der Waals surface area contributed by atoms with Crippen LogP contribution in [0.2, 0.25) is 0 Å². The second kappa shape index (κ2) is 5.35. The number of pyridine rings is 1. The van der Waals surface area contributed by atoms with E-state index in [4.69, 9.17) is 0 Å². The smallest absolute Gasteiger partial charge is 0.341 e. The lowest BCUT2D eigenvalue weighted by Crippen LogP contribution is -2.26. The number of aromatic carboxylic acids is 1. The molecule has 1 aromatic carbocycles. The minimum Gasteiger partial charge on any atom is -0.477 e.